The number of likely N-dealkylation sites (N-methyl/N-ethyl adjacent to an activating group) is 1. The van der Waals surface area contributed by atoms with Gasteiger partial charge in [-0.3, -0.25) is 19.8 Å². The molecule has 32 heavy (non-hydrogen) atoms. The Bertz CT molecular complexity index is 1220. The zero-order valence-corrected chi connectivity index (χ0v) is 18.2. The highest BCUT2D eigenvalue weighted by molar-refractivity contribution is 7.80. The first-order valence-corrected chi connectivity index (χ1v) is 10.2. The van der Waals surface area contributed by atoms with Crippen molar-refractivity contribution in [2.75, 3.05) is 18.6 Å². The van der Waals surface area contributed by atoms with E-state index in [1.165, 1.54) is 17.0 Å². The summed E-state index contributed by atoms with van der Waals surface area (Å²) in [5.74, 6) is 1.44. The van der Waals surface area contributed by atoms with Crippen molar-refractivity contribution in [2.24, 2.45) is 0 Å². The van der Waals surface area contributed by atoms with Crippen LogP contribution in [0.4, 0.5) is 11.4 Å². The summed E-state index contributed by atoms with van der Waals surface area (Å²) < 4.78 is 11.3. The summed E-state index contributed by atoms with van der Waals surface area (Å²) in [6.45, 7) is 2.46. The van der Waals surface area contributed by atoms with Crippen LogP contribution in [-0.4, -0.2) is 34.5 Å². The van der Waals surface area contributed by atoms with Crippen LogP contribution in [0, 0.1) is 10.1 Å². The number of amides is 1. The molecule has 2 heterocycles. The molecule has 0 bridgehead atoms. The summed E-state index contributed by atoms with van der Waals surface area (Å²) in [7, 11) is 1.72. The highest BCUT2D eigenvalue weighted by Gasteiger charge is 2.37. The molecule has 0 spiro atoms. The molecule has 1 aromatic heterocycles. The number of nitro benzene ring substituents is 1. The second kappa shape index (κ2) is 8.64. The van der Waals surface area contributed by atoms with Gasteiger partial charge in [0.1, 0.15) is 23.0 Å². The number of carbonyl (C=O) groups excluding carboxylic acids is 1. The van der Waals surface area contributed by atoms with Gasteiger partial charge in [-0.25, -0.2) is 0 Å². The van der Waals surface area contributed by atoms with Crippen molar-refractivity contribution in [1.82, 2.24) is 4.90 Å². The van der Waals surface area contributed by atoms with Gasteiger partial charge in [0.25, 0.3) is 11.6 Å². The smallest absolute Gasteiger partial charge is 0.281 e. The number of ether oxygens (including phenoxy) is 1. The third-order valence-corrected chi connectivity index (χ3v) is 5.39. The third-order valence-electron chi connectivity index (χ3n) is 4.94. The minimum absolute atomic E-state index is 0.00344. The van der Waals surface area contributed by atoms with Crippen molar-refractivity contribution in [3.8, 4) is 17.1 Å². The second-order valence-electron chi connectivity index (χ2n) is 6.94. The van der Waals surface area contributed by atoms with Gasteiger partial charge in [0.05, 0.1) is 17.2 Å². The van der Waals surface area contributed by atoms with Gasteiger partial charge < -0.3 is 14.1 Å². The van der Waals surface area contributed by atoms with Crippen LogP contribution in [0.2, 0.25) is 0 Å². The topological polar surface area (TPSA) is 89.1 Å². The molecule has 2 aromatic carbocycles. The quantitative estimate of drug-likeness (QED) is 0.230. The Kier molecular flexibility index (Phi) is 5.74. The molecule has 0 aliphatic carbocycles. The molecule has 1 saturated heterocycles. The number of nitrogens with zero attached hydrogens (tertiary/aromatic N) is 3. The molecule has 0 atom stereocenters. The first-order chi connectivity index (χ1) is 15.4. The zero-order chi connectivity index (χ0) is 22.8. The summed E-state index contributed by atoms with van der Waals surface area (Å²) in [6, 6.07) is 16.7. The van der Waals surface area contributed by atoms with Gasteiger partial charge in [-0.05, 0) is 67.7 Å². The molecule has 3 aromatic rings. The number of thiocarbonyl (C=S) groups is 1. The maximum atomic E-state index is 13.1. The Labute approximate surface area is 189 Å². The van der Waals surface area contributed by atoms with Crippen LogP contribution in [0.3, 0.4) is 0 Å². The van der Waals surface area contributed by atoms with Crippen LogP contribution in [0.25, 0.3) is 17.4 Å². The van der Waals surface area contributed by atoms with Crippen LogP contribution in [0.15, 0.2) is 70.8 Å². The number of carbonyl (C=O) groups is 1. The lowest BCUT2D eigenvalue weighted by atomic mass is 10.1. The fraction of sp³-hybridized carbons (Fsp3) is 0.130. The largest absolute Gasteiger partial charge is 0.494 e. The van der Waals surface area contributed by atoms with Gasteiger partial charge >= 0.3 is 0 Å². The molecule has 0 N–H and O–H groups in total. The van der Waals surface area contributed by atoms with Crippen LogP contribution < -0.4 is 9.64 Å². The molecule has 1 amide bonds. The van der Waals surface area contributed by atoms with E-state index in [4.69, 9.17) is 21.4 Å². The Morgan fingerprint density at radius 1 is 1.09 bits per heavy atom. The van der Waals surface area contributed by atoms with Crippen LogP contribution in [0.5, 0.6) is 5.75 Å². The van der Waals surface area contributed by atoms with E-state index in [0.29, 0.717) is 45.9 Å². The Balaban J connectivity index is 1.58. The molecular weight excluding hydrogens is 430 g/mol. The lowest BCUT2D eigenvalue weighted by Crippen LogP contribution is -2.31. The number of non-ortho nitro benzene ring substituents is 1. The van der Waals surface area contributed by atoms with E-state index in [9.17, 15) is 14.9 Å². The zero-order valence-electron chi connectivity index (χ0n) is 17.3. The van der Waals surface area contributed by atoms with E-state index < -0.39 is 4.92 Å². The SMILES string of the molecule is CCOc1ccc(N2C(=O)/C(=C/c3ccc(-c4ccc([N+](=O)[O-])cc4)o3)N(C)C2=S)cc1. The number of benzene rings is 2. The molecule has 0 radical (unpaired) electrons. The van der Waals surface area contributed by atoms with Gasteiger partial charge in [-0.15, -0.1) is 0 Å². The summed E-state index contributed by atoms with van der Waals surface area (Å²) in [5.41, 5.74) is 1.71. The van der Waals surface area contributed by atoms with Gasteiger partial charge in [-0.2, -0.15) is 0 Å². The monoisotopic (exact) mass is 449 g/mol. The predicted molar refractivity (Wildman–Crippen MR) is 124 cm³/mol. The normalized spacial score (nSPS) is 15.0. The van der Waals surface area contributed by atoms with Gasteiger partial charge in [0, 0.05) is 30.8 Å². The minimum atomic E-state index is -0.456. The molecule has 1 aliphatic heterocycles. The Morgan fingerprint density at radius 2 is 1.78 bits per heavy atom. The maximum Gasteiger partial charge on any atom is 0.281 e. The Morgan fingerprint density at radius 3 is 2.41 bits per heavy atom. The van der Waals surface area contributed by atoms with Crippen molar-refractivity contribution < 1.29 is 18.9 Å². The highest BCUT2D eigenvalue weighted by atomic mass is 32.1. The van der Waals surface area contributed by atoms with E-state index in [-0.39, 0.29) is 11.6 Å². The number of nitro groups is 1. The van der Waals surface area contributed by atoms with E-state index in [1.54, 1.807) is 66.6 Å². The minimum Gasteiger partial charge on any atom is -0.494 e. The molecule has 1 fully saturated rings. The summed E-state index contributed by atoms with van der Waals surface area (Å²) in [6.07, 6.45) is 1.62. The van der Waals surface area contributed by atoms with Crippen molar-refractivity contribution in [3.63, 3.8) is 0 Å². The van der Waals surface area contributed by atoms with Crippen LogP contribution >= 0.6 is 12.2 Å². The number of hydrogen-bond acceptors (Lipinski definition) is 6. The number of hydrogen-bond donors (Lipinski definition) is 0. The first-order valence-electron chi connectivity index (χ1n) is 9.80. The van der Waals surface area contributed by atoms with Crippen LogP contribution in [0.1, 0.15) is 12.7 Å². The van der Waals surface area contributed by atoms with E-state index >= 15 is 0 Å². The molecule has 162 valence electrons. The molecule has 4 rings (SSSR count). The molecule has 1 aliphatic rings. The van der Waals surface area contributed by atoms with Gasteiger partial charge in [0.15, 0.2) is 5.11 Å². The summed E-state index contributed by atoms with van der Waals surface area (Å²) in [4.78, 5) is 26.6. The average molecular weight is 449 g/mol. The summed E-state index contributed by atoms with van der Waals surface area (Å²) in [5, 5.41) is 11.2. The first kappa shape index (κ1) is 21.3. The van der Waals surface area contributed by atoms with Crippen LogP contribution in [-0.2, 0) is 4.79 Å². The fourth-order valence-corrected chi connectivity index (χ4v) is 3.60. The van der Waals surface area contributed by atoms with Crippen molar-refractivity contribution in [2.45, 2.75) is 6.92 Å². The van der Waals surface area contributed by atoms with Crippen molar-refractivity contribution in [1.29, 1.82) is 0 Å². The molecule has 0 saturated carbocycles. The van der Waals surface area contributed by atoms with Crippen molar-refractivity contribution in [3.05, 3.63) is 82.2 Å². The Hall–Kier alpha value is -3.98. The number of furan rings is 1. The highest BCUT2D eigenvalue weighted by Crippen LogP contribution is 2.31. The molecule has 0 unspecified atom stereocenters. The lowest BCUT2D eigenvalue weighted by Gasteiger charge is -2.16. The number of anilines is 1. The van der Waals surface area contributed by atoms with E-state index in [0.717, 1.165) is 0 Å². The second-order valence-corrected chi connectivity index (χ2v) is 7.31. The third kappa shape index (κ3) is 3.97. The van der Waals surface area contributed by atoms with Gasteiger partial charge in [-0.1, -0.05) is 0 Å². The van der Waals surface area contributed by atoms with E-state index in [1.807, 2.05) is 6.92 Å². The molecular formula is C23H19N3O5S. The predicted octanol–water partition coefficient (Wildman–Crippen LogP) is 4.86. The standard InChI is InChI=1S/C23H19N3O5S/c1-3-30-18-10-8-16(9-11-18)25-22(27)20(24(2)23(25)32)14-19-12-13-21(31-19)15-4-6-17(7-5-15)26(28)29/h4-14H,3H2,1-2H3/b20-14-. The molecule has 9 heteroatoms. The van der Waals surface area contributed by atoms with Crippen molar-refractivity contribution >= 4 is 40.7 Å². The number of rotatable bonds is 6. The average Bonchev–Trinajstić information content (AvgIpc) is 3.34. The summed E-state index contributed by atoms with van der Waals surface area (Å²) >= 11 is 5.49. The lowest BCUT2D eigenvalue weighted by molar-refractivity contribution is -0.384. The fourth-order valence-electron chi connectivity index (χ4n) is 3.31. The van der Waals surface area contributed by atoms with E-state index in [2.05, 4.69) is 0 Å². The maximum absolute atomic E-state index is 13.1. The molecule has 8 nitrogen and oxygen atoms in total. The van der Waals surface area contributed by atoms with Gasteiger partial charge in [0.2, 0.25) is 0 Å².